The van der Waals surface area contributed by atoms with Gasteiger partial charge in [-0.3, -0.25) is 0 Å². The maximum absolute atomic E-state index is 10.1. The number of aliphatic hydroxyl groups excluding tert-OH is 2. The van der Waals surface area contributed by atoms with Gasteiger partial charge in [0.15, 0.2) is 0 Å². The number of aliphatic hydroxyl groups is 2. The molecule has 2 unspecified atom stereocenters. The summed E-state index contributed by atoms with van der Waals surface area (Å²) >= 11 is 0. The molecule has 6 rings (SSSR count). The van der Waals surface area contributed by atoms with Crippen LogP contribution in [0.5, 0.6) is 0 Å². The molecule has 4 saturated carbocycles. The van der Waals surface area contributed by atoms with Gasteiger partial charge in [0.2, 0.25) is 0 Å². The Balaban J connectivity index is 0.907. The van der Waals surface area contributed by atoms with Gasteiger partial charge in [0.05, 0.1) is 24.4 Å². The van der Waals surface area contributed by atoms with Crippen LogP contribution >= 0.6 is 0 Å². The topological polar surface area (TPSA) is 83.0 Å². The highest BCUT2D eigenvalue weighted by Gasteiger charge is 2.59. The quantitative estimate of drug-likeness (QED) is 0.114. The zero-order valence-corrected chi connectivity index (χ0v) is 33.8. The lowest BCUT2D eigenvalue weighted by Crippen LogP contribution is -2.53. The summed E-state index contributed by atoms with van der Waals surface area (Å²) in [6, 6.07) is 0.516. The molecule has 6 aliphatic rings. The second kappa shape index (κ2) is 15.9. The molecule has 0 aromatic heterocycles. The van der Waals surface area contributed by atoms with E-state index in [1.54, 1.807) is 0 Å². The minimum absolute atomic E-state index is 0.233. The van der Waals surface area contributed by atoms with Crippen LogP contribution in [0.3, 0.4) is 0 Å². The van der Waals surface area contributed by atoms with Crippen LogP contribution in [0.1, 0.15) is 158 Å². The van der Waals surface area contributed by atoms with Gasteiger partial charge in [-0.15, -0.1) is 0 Å². The second-order valence-electron chi connectivity index (χ2n) is 21.8. The van der Waals surface area contributed by atoms with Crippen molar-refractivity contribution in [2.75, 3.05) is 26.3 Å². The van der Waals surface area contributed by atoms with E-state index in [0.29, 0.717) is 45.7 Å². The molecule has 50 heavy (non-hydrogen) atoms. The predicted octanol–water partition coefficient (Wildman–Crippen LogP) is 8.52. The van der Waals surface area contributed by atoms with Crippen LogP contribution in [0.25, 0.3) is 0 Å². The highest BCUT2D eigenvalue weighted by atomic mass is 16.5. The van der Waals surface area contributed by atoms with Gasteiger partial charge in [0.1, 0.15) is 0 Å². The first-order valence-corrected chi connectivity index (χ1v) is 21.6. The SMILES string of the molecule is CC1(C)C[C@H]2[C@@H](C1)[C@@H](C(CCO)NCCCCCCCCNC(CCO)[C@H]1O[C@@H]3CC(C)(C)C[C@@H]3[C@H]3CC(C)(C)C[C@H]31)O[C@@H]1CC(C)(C)C[C@H]21. The third kappa shape index (κ3) is 9.16. The van der Waals surface area contributed by atoms with Gasteiger partial charge in [-0.1, -0.05) is 81.1 Å². The average molecular weight is 701 g/mol. The van der Waals surface area contributed by atoms with Crippen LogP contribution in [0.4, 0.5) is 0 Å². The normalized spacial score (nSPS) is 40.2. The monoisotopic (exact) mass is 701 g/mol. The largest absolute Gasteiger partial charge is 0.396 e. The van der Waals surface area contributed by atoms with E-state index in [4.69, 9.17) is 9.47 Å². The zero-order valence-electron chi connectivity index (χ0n) is 33.8. The van der Waals surface area contributed by atoms with Crippen LogP contribution in [-0.4, -0.2) is 73.0 Å². The van der Waals surface area contributed by atoms with E-state index in [1.165, 1.54) is 89.9 Å². The molecule has 6 heteroatoms. The fourth-order valence-corrected chi connectivity index (χ4v) is 13.2. The van der Waals surface area contributed by atoms with Gasteiger partial charge in [0.25, 0.3) is 0 Å². The molecule has 0 aromatic rings. The Bertz CT molecular complexity index is 1010. The fraction of sp³-hybridized carbons (Fsp3) is 1.00. The Morgan fingerprint density at radius 1 is 0.460 bits per heavy atom. The number of unbranched alkanes of at least 4 members (excludes halogenated alkanes) is 5. The fourth-order valence-electron chi connectivity index (χ4n) is 13.2. The molecule has 6 fully saturated rings. The molecule has 12 atom stereocenters. The van der Waals surface area contributed by atoms with Crippen LogP contribution in [0, 0.1) is 57.2 Å². The summed E-state index contributed by atoms with van der Waals surface area (Å²) < 4.78 is 14.1. The van der Waals surface area contributed by atoms with Crippen molar-refractivity contribution in [2.24, 2.45) is 57.2 Å². The summed E-state index contributed by atoms with van der Waals surface area (Å²) in [6.45, 7) is 22.1. The predicted molar refractivity (Wildman–Crippen MR) is 205 cm³/mol. The van der Waals surface area contributed by atoms with E-state index in [1.807, 2.05) is 0 Å². The molecular weight excluding hydrogens is 620 g/mol. The van der Waals surface area contributed by atoms with Crippen molar-refractivity contribution in [2.45, 2.75) is 195 Å². The summed E-state index contributed by atoms with van der Waals surface area (Å²) in [4.78, 5) is 0. The summed E-state index contributed by atoms with van der Waals surface area (Å²) in [5.74, 6) is 4.24. The standard InChI is InChI=1S/C44H80N2O4/c1-41(2)21-29-31-23-43(5,6)27-37(31)49-39(33(29)25-41)35(15-19-47)45-17-13-11-9-10-12-14-18-46-36(16-20-48)40-34-26-42(3,4)22-30(34)32-24-44(7,8)28-38(32)50-40/h29-40,45-48H,9-28H2,1-8H3/t29-,30-,31-,32-,33-,34-,35?,36?,37-,38-,39+,40+/m1/s1. The van der Waals surface area contributed by atoms with Crippen LogP contribution in [0.2, 0.25) is 0 Å². The summed E-state index contributed by atoms with van der Waals surface area (Å²) in [5, 5.41) is 27.9. The minimum atomic E-state index is 0.233. The molecule has 4 N–H and O–H groups in total. The van der Waals surface area contributed by atoms with E-state index < -0.39 is 0 Å². The van der Waals surface area contributed by atoms with Gasteiger partial charge in [-0.2, -0.15) is 0 Å². The first-order valence-electron chi connectivity index (χ1n) is 21.6. The highest BCUT2D eigenvalue weighted by molar-refractivity contribution is 5.08. The number of ether oxygens (including phenoxy) is 2. The molecule has 0 spiro atoms. The highest BCUT2D eigenvalue weighted by Crippen LogP contribution is 2.61. The Kier molecular flexibility index (Phi) is 12.5. The van der Waals surface area contributed by atoms with Gasteiger partial charge < -0.3 is 30.3 Å². The maximum Gasteiger partial charge on any atom is 0.0763 e. The Morgan fingerprint density at radius 2 is 0.780 bits per heavy atom. The lowest BCUT2D eigenvalue weighted by Gasteiger charge is -2.45. The molecule has 2 heterocycles. The molecule has 0 radical (unpaired) electrons. The smallest absolute Gasteiger partial charge is 0.0763 e. The van der Waals surface area contributed by atoms with Crippen molar-refractivity contribution < 1.29 is 19.7 Å². The molecule has 6 nitrogen and oxygen atoms in total. The summed E-state index contributed by atoms with van der Waals surface area (Å²) in [6.07, 6.45) is 20.5. The molecule has 4 aliphatic carbocycles. The number of nitrogens with one attached hydrogen (secondary N) is 2. The van der Waals surface area contributed by atoms with Crippen molar-refractivity contribution in [1.29, 1.82) is 0 Å². The summed E-state index contributed by atoms with van der Waals surface area (Å²) in [5.41, 5.74) is 1.56. The van der Waals surface area contributed by atoms with Gasteiger partial charge >= 0.3 is 0 Å². The Hall–Kier alpha value is -0.240. The third-order valence-corrected chi connectivity index (χ3v) is 15.0. The summed E-state index contributed by atoms with van der Waals surface area (Å²) in [7, 11) is 0. The van der Waals surface area contributed by atoms with Gasteiger partial charge in [0, 0.05) is 25.3 Å². The number of hydrogen-bond acceptors (Lipinski definition) is 6. The van der Waals surface area contributed by atoms with E-state index >= 15 is 0 Å². The third-order valence-electron chi connectivity index (χ3n) is 15.0. The van der Waals surface area contributed by atoms with Gasteiger partial charge in [-0.25, -0.2) is 0 Å². The van der Waals surface area contributed by atoms with E-state index in [0.717, 1.165) is 49.6 Å². The lowest BCUT2D eigenvalue weighted by molar-refractivity contribution is -0.140. The molecule has 0 aromatic carbocycles. The Labute approximate surface area is 307 Å². The van der Waals surface area contributed by atoms with Crippen LogP contribution in [0.15, 0.2) is 0 Å². The van der Waals surface area contributed by atoms with E-state index in [-0.39, 0.29) is 37.5 Å². The van der Waals surface area contributed by atoms with Crippen molar-refractivity contribution in [3.8, 4) is 0 Å². The van der Waals surface area contributed by atoms with Gasteiger partial charge in [-0.05, 0) is 147 Å². The molecule has 0 amide bonds. The molecular formula is C44H80N2O4. The molecule has 290 valence electrons. The lowest BCUT2D eigenvalue weighted by atomic mass is 9.74. The van der Waals surface area contributed by atoms with E-state index in [2.05, 4.69) is 66.0 Å². The van der Waals surface area contributed by atoms with Crippen LogP contribution in [-0.2, 0) is 9.47 Å². The van der Waals surface area contributed by atoms with Crippen molar-refractivity contribution in [3.63, 3.8) is 0 Å². The number of fused-ring (bicyclic) bond motifs is 6. The Morgan fingerprint density at radius 3 is 1.16 bits per heavy atom. The number of rotatable bonds is 17. The molecule has 0 bridgehead atoms. The minimum Gasteiger partial charge on any atom is -0.396 e. The molecule has 2 saturated heterocycles. The first-order chi connectivity index (χ1) is 23.6. The zero-order chi connectivity index (χ0) is 35.9. The second-order valence-corrected chi connectivity index (χ2v) is 21.8. The van der Waals surface area contributed by atoms with Crippen molar-refractivity contribution in [1.82, 2.24) is 10.6 Å². The first kappa shape index (κ1) is 39.5. The van der Waals surface area contributed by atoms with E-state index in [9.17, 15) is 10.2 Å². The van der Waals surface area contributed by atoms with Crippen molar-refractivity contribution in [3.05, 3.63) is 0 Å². The number of hydrogen-bond donors (Lipinski definition) is 4. The van der Waals surface area contributed by atoms with Crippen molar-refractivity contribution >= 4 is 0 Å². The maximum atomic E-state index is 10.1. The molecule has 2 aliphatic heterocycles. The average Bonchev–Trinajstić information content (AvgIpc) is 3.72. The van der Waals surface area contributed by atoms with Crippen LogP contribution < -0.4 is 10.6 Å².